The molecule has 0 amide bonds. The zero-order valence-electron chi connectivity index (χ0n) is 13.5. The van der Waals surface area contributed by atoms with Crippen molar-refractivity contribution in [1.29, 1.82) is 0 Å². The zero-order chi connectivity index (χ0) is 16.8. The number of benzene rings is 2. The third-order valence-electron chi connectivity index (χ3n) is 2.90. The highest BCUT2D eigenvalue weighted by molar-refractivity contribution is 7.92. The second kappa shape index (κ2) is 8.35. The molecule has 1 atom stereocenters. The Morgan fingerprint density at radius 3 is 2.39 bits per heavy atom. The normalized spacial score (nSPS) is 12.2. The lowest BCUT2D eigenvalue weighted by Crippen LogP contribution is -2.05. The molecule has 23 heavy (non-hydrogen) atoms. The van der Waals surface area contributed by atoms with Crippen LogP contribution in [0.25, 0.3) is 0 Å². The van der Waals surface area contributed by atoms with Crippen LogP contribution >= 0.6 is 12.2 Å². The van der Waals surface area contributed by atoms with E-state index in [1.54, 1.807) is 6.07 Å². The van der Waals surface area contributed by atoms with Gasteiger partial charge in [0.1, 0.15) is 18.0 Å². The van der Waals surface area contributed by atoms with Crippen LogP contribution < -0.4 is 9.66 Å². The van der Waals surface area contributed by atoms with E-state index in [-0.39, 0.29) is 0 Å². The molecule has 0 aromatic heterocycles. The molecule has 0 heterocycles. The van der Waals surface area contributed by atoms with Crippen LogP contribution in [0.4, 0.5) is 5.69 Å². The molecule has 0 bridgehead atoms. The van der Waals surface area contributed by atoms with Gasteiger partial charge in [-0.25, -0.2) is 8.51 Å². The molecule has 2 aromatic rings. The fourth-order valence-corrected chi connectivity index (χ4v) is 2.81. The van der Waals surface area contributed by atoms with Gasteiger partial charge in [-0.2, -0.15) is 4.28 Å². The van der Waals surface area contributed by atoms with Gasteiger partial charge >= 0.3 is 0 Å². The van der Waals surface area contributed by atoms with E-state index >= 15 is 0 Å². The topological polar surface area (TPSA) is 50.8 Å². The quantitative estimate of drug-likeness (QED) is 0.464. The summed E-state index contributed by atoms with van der Waals surface area (Å²) in [6.45, 7) is 3.88. The first-order valence-electron chi connectivity index (χ1n) is 7.00. The Kier molecular flexibility index (Phi) is 6.47. The number of anilines is 1. The second-order valence-corrected chi connectivity index (χ2v) is 7.34. The van der Waals surface area contributed by atoms with E-state index in [9.17, 15) is 4.21 Å². The van der Waals surface area contributed by atoms with Gasteiger partial charge < -0.3 is 4.18 Å². The molecule has 0 aliphatic heterocycles. The molecule has 124 valence electrons. The van der Waals surface area contributed by atoms with E-state index in [0.29, 0.717) is 10.6 Å². The van der Waals surface area contributed by atoms with Gasteiger partial charge in [0, 0.05) is 0 Å². The first-order chi connectivity index (χ1) is 11.0. The molecule has 0 aliphatic carbocycles. The van der Waals surface area contributed by atoms with Gasteiger partial charge in [-0.1, -0.05) is 17.7 Å². The lowest BCUT2D eigenvalue weighted by Gasteiger charge is -2.12. The van der Waals surface area contributed by atoms with E-state index in [2.05, 4.69) is 5.48 Å². The molecule has 2 aromatic carbocycles. The molecule has 0 saturated carbocycles. The summed E-state index contributed by atoms with van der Waals surface area (Å²) in [6.07, 6.45) is 0. The molecular formula is C16H20N2O3S2. The van der Waals surface area contributed by atoms with Crippen molar-refractivity contribution in [3.05, 3.63) is 53.6 Å². The largest absolute Gasteiger partial charge is 0.397 e. The minimum atomic E-state index is -1.53. The van der Waals surface area contributed by atoms with E-state index in [1.165, 1.54) is 12.2 Å². The third-order valence-corrected chi connectivity index (χ3v) is 4.34. The van der Waals surface area contributed by atoms with Crippen molar-refractivity contribution >= 4 is 29.0 Å². The highest BCUT2D eigenvalue weighted by Gasteiger charge is 2.09. The highest BCUT2D eigenvalue weighted by Crippen LogP contribution is 2.25. The van der Waals surface area contributed by atoms with Crippen LogP contribution in [0, 0.1) is 13.8 Å². The highest BCUT2D eigenvalue weighted by atomic mass is 32.2. The molecule has 0 radical (unpaired) electrons. The van der Waals surface area contributed by atoms with Crippen LogP contribution in [0.5, 0.6) is 5.75 Å². The average molecular weight is 352 g/mol. The Hall–Kier alpha value is -1.54. The Morgan fingerprint density at radius 1 is 1.09 bits per heavy atom. The Balaban J connectivity index is 2.00. The SMILES string of the molecule is Cc1ccc(S(=O)Oc2ccc(NOSN(C)C)cc2C)cc1. The number of hydrogen-bond acceptors (Lipinski definition) is 6. The minimum Gasteiger partial charge on any atom is -0.397 e. The first-order valence-corrected chi connectivity index (χ1v) is 8.77. The van der Waals surface area contributed by atoms with Crippen molar-refractivity contribution in [3.8, 4) is 5.75 Å². The number of nitrogens with one attached hydrogen (secondary N) is 1. The van der Waals surface area contributed by atoms with Gasteiger partial charge in [0.05, 0.1) is 10.6 Å². The Bertz CT molecular complexity index is 676. The molecule has 1 N–H and O–H groups in total. The fourth-order valence-electron chi connectivity index (χ4n) is 1.73. The summed E-state index contributed by atoms with van der Waals surface area (Å²) in [5.74, 6) is 0.578. The number of nitrogens with zero attached hydrogens (tertiary/aromatic N) is 1. The Labute approximate surface area is 143 Å². The van der Waals surface area contributed by atoms with Gasteiger partial charge in [-0.3, -0.25) is 5.48 Å². The predicted octanol–water partition coefficient (Wildman–Crippen LogP) is 3.87. The van der Waals surface area contributed by atoms with Crippen LogP contribution in [0.15, 0.2) is 47.4 Å². The van der Waals surface area contributed by atoms with Crippen molar-refractivity contribution in [3.63, 3.8) is 0 Å². The third kappa shape index (κ3) is 5.54. The molecule has 0 aliphatic rings. The lowest BCUT2D eigenvalue weighted by atomic mass is 10.2. The molecule has 2 rings (SSSR count). The summed E-state index contributed by atoms with van der Waals surface area (Å²) in [6, 6.07) is 12.9. The van der Waals surface area contributed by atoms with Gasteiger partial charge in [0.15, 0.2) is 0 Å². The molecular weight excluding hydrogens is 332 g/mol. The maximum Gasteiger partial charge on any atom is 0.240 e. The summed E-state index contributed by atoms with van der Waals surface area (Å²) in [5.41, 5.74) is 5.61. The smallest absolute Gasteiger partial charge is 0.240 e. The van der Waals surface area contributed by atoms with Crippen molar-refractivity contribution < 1.29 is 12.7 Å². The van der Waals surface area contributed by atoms with Crippen molar-refractivity contribution in [1.82, 2.24) is 4.31 Å². The van der Waals surface area contributed by atoms with E-state index in [0.717, 1.165) is 16.8 Å². The minimum absolute atomic E-state index is 0.578. The number of hydrogen-bond donors (Lipinski definition) is 1. The van der Waals surface area contributed by atoms with Crippen molar-refractivity contribution in [2.45, 2.75) is 18.7 Å². The van der Waals surface area contributed by atoms with E-state index in [1.807, 2.05) is 68.6 Å². The van der Waals surface area contributed by atoms with Crippen LogP contribution in [-0.2, 0) is 15.4 Å². The number of aryl methyl sites for hydroxylation is 2. The van der Waals surface area contributed by atoms with E-state index in [4.69, 9.17) is 8.47 Å². The van der Waals surface area contributed by atoms with Crippen LogP contribution in [0.2, 0.25) is 0 Å². The van der Waals surface area contributed by atoms with Gasteiger partial charge in [-0.05, 0) is 63.8 Å². The fraction of sp³-hybridized carbons (Fsp3) is 0.250. The molecule has 1 unspecified atom stereocenters. The monoisotopic (exact) mass is 352 g/mol. The van der Waals surface area contributed by atoms with Crippen LogP contribution in [0.3, 0.4) is 0 Å². The van der Waals surface area contributed by atoms with Crippen LogP contribution in [0.1, 0.15) is 11.1 Å². The van der Waals surface area contributed by atoms with Crippen molar-refractivity contribution in [2.24, 2.45) is 0 Å². The van der Waals surface area contributed by atoms with E-state index < -0.39 is 11.1 Å². The zero-order valence-corrected chi connectivity index (χ0v) is 15.2. The lowest BCUT2D eigenvalue weighted by molar-refractivity contribution is 0.447. The van der Waals surface area contributed by atoms with Crippen LogP contribution in [-0.4, -0.2) is 22.6 Å². The molecule has 7 heteroatoms. The molecule has 5 nitrogen and oxygen atoms in total. The molecule has 0 saturated heterocycles. The summed E-state index contributed by atoms with van der Waals surface area (Å²) in [7, 11) is 3.77. The summed E-state index contributed by atoms with van der Waals surface area (Å²) in [4.78, 5) is 0.642. The number of rotatable bonds is 7. The second-order valence-electron chi connectivity index (χ2n) is 5.18. The van der Waals surface area contributed by atoms with Gasteiger partial charge in [0.25, 0.3) is 0 Å². The van der Waals surface area contributed by atoms with Crippen molar-refractivity contribution in [2.75, 3.05) is 19.6 Å². The summed E-state index contributed by atoms with van der Waals surface area (Å²) >= 11 is -0.346. The maximum atomic E-state index is 12.2. The maximum absolute atomic E-state index is 12.2. The first kappa shape index (κ1) is 17.8. The average Bonchev–Trinajstić information content (AvgIpc) is 2.50. The summed E-state index contributed by atoms with van der Waals surface area (Å²) < 4.78 is 24.9. The summed E-state index contributed by atoms with van der Waals surface area (Å²) in [5, 5.41) is 0. The Morgan fingerprint density at radius 2 is 1.78 bits per heavy atom. The van der Waals surface area contributed by atoms with Gasteiger partial charge in [-0.15, -0.1) is 0 Å². The molecule has 0 fully saturated rings. The predicted molar refractivity (Wildman–Crippen MR) is 95.4 cm³/mol. The molecule has 0 spiro atoms. The van der Waals surface area contributed by atoms with Gasteiger partial charge in [0.2, 0.25) is 11.1 Å². The standard InChI is InChI=1S/C16H20N2O3S2/c1-12-5-8-15(9-6-12)23(19)20-16-10-7-14(11-13(16)2)17-21-22-18(3)4/h5-11,17H,1-4H3.